The lowest BCUT2D eigenvalue weighted by molar-refractivity contribution is -0.162. The summed E-state index contributed by atoms with van der Waals surface area (Å²) in [5.74, 6) is -4.22. The van der Waals surface area contributed by atoms with Crippen LogP contribution in [0.1, 0.15) is 47.9 Å². The molecule has 1 N–H and O–H groups in total. The number of esters is 1. The number of imide groups is 1. The number of amides is 3. The van der Waals surface area contributed by atoms with Crippen molar-refractivity contribution in [3.63, 3.8) is 0 Å². The third-order valence-corrected chi connectivity index (χ3v) is 9.42. The van der Waals surface area contributed by atoms with E-state index in [0.717, 1.165) is 27.2 Å². The van der Waals surface area contributed by atoms with Crippen LogP contribution in [0.3, 0.4) is 0 Å². The second-order valence-electron chi connectivity index (χ2n) is 10.8. The first-order valence-electron chi connectivity index (χ1n) is 13.1. The normalized spacial score (nSPS) is 23.0. The van der Waals surface area contributed by atoms with Crippen LogP contribution < -0.4 is 5.32 Å². The van der Waals surface area contributed by atoms with E-state index < -0.39 is 42.3 Å². The van der Waals surface area contributed by atoms with E-state index in [9.17, 15) is 19.2 Å². The van der Waals surface area contributed by atoms with Gasteiger partial charge in [-0.25, -0.2) is 4.79 Å². The Labute approximate surface area is 245 Å². The number of hydrogen-bond acceptors (Lipinski definition) is 5. The Kier molecular flexibility index (Phi) is 6.79. The fourth-order valence-corrected chi connectivity index (χ4v) is 7.07. The van der Waals surface area contributed by atoms with Gasteiger partial charge in [0.2, 0.25) is 11.8 Å². The smallest absolute Gasteiger partial charge is 0.330 e. The van der Waals surface area contributed by atoms with E-state index >= 15 is 0 Å². The zero-order valence-electron chi connectivity index (χ0n) is 21.8. The predicted octanol–water partition coefficient (Wildman–Crippen LogP) is 5.50. The lowest BCUT2D eigenvalue weighted by Gasteiger charge is -2.45. The van der Waals surface area contributed by atoms with Crippen LogP contribution in [0.2, 0.25) is 5.02 Å². The third-order valence-electron chi connectivity index (χ3n) is 8.18. The Morgan fingerprint density at radius 1 is 0.900 bits per heavy atom. The van der Waals surface area contributed by atoms with Gasteiger partial charge in [0.25, 0.3) is 5.91 Å². The number of carbonyl (C=O) groups is 4. The summed E-state index contributed by atoms with van der Waals surface area (Å²) in [5, 5.41) is 3.05. The average molecular weight is 622 g/mol. The molecule has 1 fully saturated rings. The molecule has 7 rings (SSSR count). The van der Waals surface area contributed by atoms with Crippen molar-refractivity contribution < 1.29 is 23.9 Å². The van der Waals surface area contributed by atoms with Crippen LogP contribution in [0.25, 0.3) is 0 Å². The van der Waals surface area contributed by atoms with Crippen molar-refractivity contribution >= 4 is 56.9 Å². The molecular formula is C31H26BrClN2O5. The van der Waals surface area contributed by atoms with Crippen molar-refractivity contribution in [3.8, 4) is 0 Å². The maximum atomic E-state index is 14.1. The molecule has 1 heterocycles. The lowest BCUT2D eigenvalue weighted by atomic mass is 9.55. The highest BCUT2D eigenvalue weighted by molar-refractivity contribution is 9.10. The number of likely N-dealkylation sites (tertiary alicyclic amines) is 1. The number of anilines is 1. The minimum atomic E-state index is -1.15. The fraction of sp³-hybridized carbons (Fsp3) is 0.290. The van der Waals surface area contributed by atoms with E-state index in [1.54, 1.807) is 32.0 Å². The molecule has 3 atom stereocenters. The summed E-state index contributed by atoms with van der Waals surface area (Å²) in [5.41, 5.74) is 4.68. The standard InChI is InChI=1S/C31H26BrClN2O5/c1-15(2)28(31(39)40-14-23(36)34-16-11-12-21(32)22(33)13-16)35-29(37)26-24-17-7-3-4-8-18(17)25(27(26)30(35)38)20-10-6-5-9-19(20)24/h3-13,15,24-28H,14H2,1-2H3,(H,34,36)/t24?,25?,26-,27-,28+/m0/s1. The minimum Gasteiger partial charge on any atom is -0.454 e. The van der Waals surface area contributed by atoms with Gasteiger partial charge in [-0.1, -0.05) is 74.0 Å². The van der Waals surface area contributed by atoms with Gasteiger partial charge in [0.05, 0.1) is 16.9 Å². The summed E-state index contributed by atoms with van der Waals surface area (Å²) in [4.78, 5) is 55.1. The molecule has 3 amide bonds. The van der Waals surface area contributed by atoms with Crippen LogP contribution in [-0.2, 0) is 23.9 Å². The summed E-state index contributed by atoms with van der Waals surface area (Å²) in [6.45, 7) is 2.95. The number of benzene rings is 3. The molecule has 0 saturated carbocycles. The quantitative estimate of drug-likeness (QED) is 0.290. The van der Waals surface area contributed by atoms with E-state index in [1.807, 2.05) is 48.5 Å². The molecule has 7 nitrogen and oxygen atoms in total. The van der Waals surface area contributed by atoms with E-state index in [-0.39, 0.29) is 23.7 Å². The van der Waals surface area contributed by atoms with E-state index in [1.165, 1.54) is 0 Å². The van der Waals surface area contributed by atoms with Gasteiger partial charge in [-0.3, -0.25) is 19.3 Å². The SMILES string of the molecule is CC(C)[C@H](C(=O)OCC(=O)Nc1ccc(Br)c(Cl)c1)N1C(=O)[C@H]2C3c4ccccc4C(c4ccccc43)[C@@H]2C1=O. The zero-order valence-corrected chi connectivity index (χ0v) is 24.1. The van der Waals surface area contributed by atoms with Crippen LogP contribution in [-0.4, -0.2) is 41.2 Å². The first-order valence-corrected chi connectivity index (χ1v) is 14.3. The molecule has 204 valence electrons. The molecule has 4 aliphatic rings. The molecule has 40 heavy (non-hydrogen) atoms. The number of halogens is 2. The Bertz CT molecular complexity index is 1460. The molecule has 1 saturated heterocycles. The van der Waals surface area contributed by atoms with Gasteiger partial charge in [-0.05, 0) is 62.3 Å². The number of nitrogens with zero attached hydrogens (tertiary/aromatic N) is 1. The molecule has 3 aliphatic carbocycles. The Balaban J connectivity index is 1.25. The molecule has 1 aliphatic heterocycles. The molecule has 9 heteroatoms. The van der Waals surface area contributed by atoms with Gasteiger partial charge in [-0.2, -0.15) is 0 Å². The molecular weight excluding hydrogens is 596 g/mol. The highest BCUT2D eigenvalue weighted by atomic mass is 79.9. The summed E-state index contributed by atoms with van der Waals surface area (Å²) in [7, 11) is 0. The van der Waals surface area contributed by atoms with Crippen molar-refractivity contribution in [1.82, 2.24) is 4.90 Å². The van der Waals surface area contributed by atoms with Gasteiger partial charge in [0, 0.05) is 22.0 Å². The molecule has 0 unspecified atom stereocenters. The van der Waals surface area contributed by atoms with Gasteiger partial charge in [-0.15, -0.1) is 0 Å². The first kappa shape index (κ1) is 26.7. The van der Waals surface area contributed by atoms with Crippen molar-refractivity contribution in [3.05, 3.63) is 98.5 Å². The van der Waals surface area contributed by atoms with Crippen LogP contribution in [0.4, 0.5) is 5.69 Å². The average Bonchev–Trinajstić information content (AvgIpc) is 3.20. The third kappa shape index (κ3) is 4.16. The molecule has 0 spiro atoms. The minimum absolute atomic E-state index is 0.267. The van der Waals surface area contributed by atoms with Crippen LogP contribution in [0.5, 0.6) is 0 Å². The highest BCUT2D eigenvalue weighted by Crippen LogP contribution is 2.61. The van der Waals surface area contributed by atoms with E-state index in [4.69, 9.17) is 16.3 Å². The topological polar surface area (TPSA) is 92.8 Å². The Morgan fingerprint density at radius 3 is 1.85 bits per heavy atom. The van der Waals surface area contributed by atoms with Gasteiger partial charge in [0.1, 0.15) is 6.04 Å². The monoisotopic (exact) mass is 620 g/mol. The molecule has 3 aromatic rings. The van der Waals surface area contributed by atoms with Crippen LogP contribution >= 0.6 is 27.5 Å². The largest absolute Gasteiger partial charge is 0.454 e. The van der Waals surface area contributed by atoms with Crippen molar-refractivity contribution in [2.75, 3.05) is 11.9 Å². The summed E-state index contributed by atoms with van der Waals surface area (Å²) >= 11 is 9.38. The maximum Gasteiger partial charge on any atom is 0.330 e. The maximum absolute atomic E-state index is 14.1. The number of ether oxygens (including phenoxy) is 1. The zero-order chi connectivity index (χ0) is 28.3. The summed E-state index contributed by atoms with van der Waals surface area (Å²) in [6, 6.07) is 19.7. The van der Waals surface area contributed by atoms with Crippen LogP contribution in [0, 0.1) is 17.8 Å². The van der Waals surface area contributed by atoms with Gasteiger partial charge >= 0.3 is 5.97 Å². The first-order chi connectivity index (χ1) is 19.2. The predicted molar refractivity (Wildman–Crippen MR) is 153 cm³/mol. The molecule has 0 aromatic heterocycles. The van der Waals surface area contributed by atoms with E-state index in [0.29, 0.717) is 15.2 Å². The van der Waals surface area contributed by atoms with Crippen LogP contribution in [0.15, 0.2) is 71.2 Å². The van der Waals surface area contributed by atoms with Crippen molar-refractivity contribution in [2.45, 2.75) is 31.7 Å². The van der Waals surface area contributed by atoms with E-state index in [2.05, 4.69) is 21.2 Å². The van der Waals surface area contributed by atoms with Crippen molar-refractivity contribution in [2.24, 2.45) is 17.8 Å². The second kappa shape index (κ2) is 10.2. The second-order valence-corrected chi connectivity index (χ2v) is 12.0. The van der Waals surface area contributed by atoms with Gasteiger partial charge < -0.3 is 10.1 Å². The lowest BCUT2D eigenvalue weighted by Crippen LogP contribution is -2.49. The summed E-state index contributed by atoms with van der Waals surface area (Å²) < 4.78 is 6.05. The number of hydrogen-bond donors (Lipinski definition) is 1. The van der Waals surface area contributed by atoms with Crippen molar-refractivity contribution in [1.29, 1.82) is 0 Å². The molecule has 3 aromatic carbocycles. The fourth-order valence-electron chi connectivity index (χ4n) is 6.64. The summed E-state index contributed by atoms with van der Waals surface area (Å²) in [6.07, 6.45) is 0. The molecule has 0 radical (unpaired) electrons. The van der Waals surface area contributed by atoms with Gasteiger partial charge in [0.15, 0.2) is 6.61 Å². The molecule has 2 bridgehead atoms. The Hall–Kier alpha value is -3.49. The number of nitrogens with one attached hydrogen (secondary N) is 1. The number of rotatable bonds is 6. The number of carbonyl (C=O) groups excluding carboxylic acids is 4. The highest BCUT2D eigenvalue weighted by Gasteiger charge is 2.63. The Morgan fingerprint density at radius 2 is 1.40 bits per heavy atom.